The molecule has 1 aromatic carbocycles. The van der Waals surface area contributed by atoms with E-state index in [9.17, 15) is 9.18 Å². The zero-order valence-electron chi connectivity index (χ0n) is 8.25. The lowest BCUT2D eigenvalue weighted by molar-refractivity contribution is 0.0690. The van der Waals surface area contributed by atoms with Crippen molar-refractivity contribution in [1.82, 2.24) is 0 Å². The monoisotopic (exact) mass is 196 g/mol. The summed E-state index contributed by atoms with van der Waals surface area (Å²) in [6.45, 7) is 3.94. The highest BCUT2D eigenvalue weighted by molar-refractivity contribution is 5.89. The lowest BCUT2D eigenvalue weighted by Gasteiger charge is -2.08. The topological polar surface area (TPSA) is 37.3 Å². The van der Waals surface area contributed by atoms with Gasteiger partial charge >= 0.3 is 5.97 Å². The summed E-state index contributed by atoms with van der Waals surface area (Å²) in [7, 11) is 0. The molecule has 3 heteroatoms. The van der Waals surface area contributed by atoms with E-state index in [-0.39, 0.29) is 5.56 Å². The molecule has 0 aliphatic rings. The van der Waals surface area contributed by atoms with Gasteiger partial charge < -0.3 is 5.11 Å². The fourth-order valence-electron chi connectivity index (χ4n) is 1.42. The van der Waals surface area contributed by atoms with Crippen LogP contribution in [0.1, 0.15) is 29.8 Å². The van der Waals surface area contributed by atoms with Gasteiger partial charge in [-0.1, -0.05) is 26.0 Å². The van der Waals surface area contributed by atoms with E-state index in [1.54, 1.807) is 12.1 Å². The molecular formula is C11H13FO2. The third kappa shape index (κ3) is 2.31. The van der Waals surface area contributed by atoms with Crippen LogP contribution in [0, 0.1) is 11.7 Å². The zero-order chi connectivity index (χ0) is 10.7. The molecule has 0 bridgehead atoms. The molecular weight excluding hydrogens is 183 g/mol. The first-order valence-electron chi connectivity index (χ1n) is 4.53. The summed E-state index contributed by atoms with van der Waals surface area (Å²) in [6, 6.07) is 4.37. The minimum atomic E-state index is -1.20. The van der Waals surface area contributed by atoms with E-state index in [0.717, 1.165) is 0 Å². The molecule has 76 valence electrons. The first-order chi connectivity index (χ1) is 6.52. The molecule has 0 fully saturated rings. The second kappa shape index (κ2) is 4.22. The Morgan fingerprint density at radius 2 is 2.14 bits per heavy atom. The van der Waals surface area contributed by atoms with Crippen LogP contribution in [0.4, 0.5) is 4.39 Å². The van der Waals surface area contributed by atoms with Crippen LogP contribution in [0.5, 0.6) is 0 Å². The van der Waals surface area contributed by atoms with Gasteiger partial charge in [-0.2, -0.15) is 0 Å². The van der Waals surface area contributed by atoms with Gasteiger partial charge in [-0.3, -0.25) is 0 Å². The maximum absolute atomic E-state index is 13.2. The summed E-state index contributed by atoms with van der Waals surface area (Å²) in [5, 5.41) is 8.82. The number of carboxylic acid groups (broad SMARTS) is 1. The highest BCUT2D eigenvalue weighted by Crippen LogP contribution is 2.17. The van der Waals surface area contributed by atoms with Crippen LogP contribution < -0.4 is 0 Å². The molecule has 0 amide bonds. The first kappa shape index (κ1) is 10.7. The van der Waals surface area contributed by atoms with E-state index in [1.807, 2.05) is 13.8 Å². The Morgan fingerprint density at radius 3 is 2.64 bits per heavy atom. The van der Waals surface area contributed by atoms with Crippen LogP contribution in [-0.2, 0) is 6.42 Å². The van der Waals surface area contributed by atoms with E-state index in [4.69, 9.17) is 5.11 Å². The highest BCUT2D eigenvalue weighted by atomic mass is 19.1. The molecule has 0 saturated heterocycles. The normalized spacial score (nSPS) is 10.6. The van der Waals surface area contributed by atoms with Crippen LogP contribution in [0.2, 0.25) is 0 Å². The van der Waals surface area contributed by atoms with Gasteiger partial charge in [-0.25, -0.2) is 9.18 Å². The standard InChI is InChI=1S/C11H13FO2/c1-7(2)6-8-4-3-5-9(12)10(8)11(13)14/h3-5,7H,6H2,1-2H3,(H,13,14). The van der Waals surface area contributed by atoms with E-state index >= 15 is 0 Å². The molecule has 0 unspecified atom stereocenters. The number of hydrogen-bond donors (Lipinski definition) is 1. The van der Waals surface area contributed by atoms with Gasteiger partial charge in [-0.05, 0) is 24.0 Å². The van der Waals surface area contributed by atoms with Crippen molar-refractivity contribution < 1.29 is 14.3 Å². The SMILES string of the molecule is CC(C)Cc1cccc(F)c1C(=O)O. The minimum Gasteiger partial charge on any atom is -0.478 e. The summed E-state index contributed by atoms with van der Waals surface area (Å²) < 4.78 is 13.2. The Labute approximate surface area is 82.4 Å². The molecule has 0 atom stereocenters. The number of benzene rings is 1. The third-order valence-electron chi connectivity index (χ3n) is 1.94. The van der Waals surface area contributed by atoms with Gasteiger partial charge in [0.05, 0.1) is 5.56 Å². The van der Waals surface area contributed by atoms with Gasteiger partial charge in [0, 0.05) is 0 Å². The maximum atomic E-state index is 13.2. The zero-order valence-corrected chi connectivity index (χ0v) is 8.25. The summed E-state index contributed by atoms with van der Waals surface area (Å²) in [6.07, 6.45) is 0.583. The molecule has 0 aromatic heterocycles. The molecule has 14 heavy (non-hydrogen) atoms. The lowest BCUT2D eigenvalue weighted by Crippen LogP contribution is -2.07. The Kier molecular flexibility index (Phi) is 3.23. The van der Waals surface area contributed by atoms with Crippen molar-refractivity contribution >= 4 is 5.97 Å². The quantitative estimate of drug-likeness (QED) is 0.807. The van der Waals surface area contributed by atoms with Gasteiger partial charge in [-0.15, -0.1) is 0 Å². The van der Waals surface area contributed by atoms with Crippen molar-refractivity contribution in [2.45, 2.75) is 20.3 Å². The molecule has 1 N–H and O–H groups in total. The summed E-state index contributed by atoms with van der Waals surface area (Å²) in [5.74, 6) is -1.54. The van der Waals surface area contributed by atoms with Crippen molar-refractivity contribution in [3.63, 3.8) is 0 Å². The molecule has 1 rings (SSSR count). The van der Waals surface area contributed by atoms with Crippen LogP contribution in [0.3, 0.4) is 0 Å². The Balaban J connectivity index is 3.14. The van der Waals surface area contributed by atoms with Crippen molar-refractivity contribution in [1.29, 1.82) is 0 Å². The molecule has 1 aromatic rings. The van der Waals surface area contributed by atoms with Gasteiger partial charge in [0.15, 0.2) is 0 Å². The second-order valence-corrected chi connectivity index (χ2v) is 3.68. The highest BCUT2D eigenvalue weighted by Gasteiger charge is 2.15. The van der Waals surface area contributed by atoms with Gasteiger partial charge in [0.1, 0.15) is 5.82 Å². The lowest BCUT2D eigenvalue weighted by atomic mass is 9.98. The number of carboxylic acids is 1. The molecule has 0 saturated carbocycles. The fourth-order valence-corrected chi connectivity index (χ4v) is 1.42. The average Bonchev–Trinajstić information content (AvgIpc) is 2.01. The maximum Gasteiger partial charge on any atom is 0.338 e. The van der Waals surface area contributed by atoms with E-state index in [1.165, 1.54) is 6.07 Å². The van der Waals surface area contributed by atoms with E-state index in [0.29, 0.717) is 17.9 Å². The molecule has 0 radical (unpaired) electrons. The Hall–Kier alpha value is -1.38. The van der Waals surface area contributed by atoms with Crippen LogP contribution in [0.15, 0.2) is 18.2 Å². The van der Waals surface area contributed by atoms with Gasteiger partial charge in [0.2, 0.25) is 0 Å². The van der Waals surface area contributed by atoms with Crippen LogP contribution in [-0.4, -0.2) is 11.1 Å². The van der Waals surface area contributed by atoms with Crippen LogP contribution in [0.25, 0.3) is 0 Å². The number of hydrogen-bond acceptors (Lipinski definition) is 1. The summed E-state index contributed by atoms with van der Waals surface area (Å²) >= 11 is 0. The molecule has 2 nitrogen and oxygen atoms in total. The summed E-state index contributed by atoms with van der Waals surface area (Å²) in [5.41, 5.74) is 0.369. The van der Waals surface area contributed by atoms with Crippen molar-refractivity contribution in [3.8, 4) is 0 Å². The predicted molar refractivity (Wildman–Crippen MR) is 51.9 cm³/mol. The van der Waals surface area contributed by atoms with E-state index in [2.05, 4.69) is 0 Å². The Morgan fingerprint density at radius 1 is 1.50 bits per heavy atom. The molecule has 0 aliphatic carbocycles. The number of halogens is 1. The minimum absolute atomic E-state index is 0.193. The number of rotatable bonds is 3. The fraction of sp³-hybridized carbons (Fsp3) is 0.364. The molecule has 0 aliphatic heterocycles. The molecule has 0 spiro atoms. The van der Waals surface area contributed by atoms with Crippen molar-refractivity contribution in [3.05, 3.63) is 35.1 Å². The second-order valence-electron chi connectivity index (χ2n) is 3.68. The number of aromatic carboxylic acids is 1. The largest absolute Gasteiger partial charge is 0.478 e. The van der Waals surface area contributed by atoms with E-state index < -0.39 is 11.8 Å². The predicted octanol–water partition coefficient (Wildman–Crippen LogP) is 2.72. The van der Waals surface area contributed by atoms with Crippen molar-refractivity contribution in [2.75, 3.05) is 0 Å². The third-order valence-corrected chi connectivity index (χ3v) is 1.94. The average molecular weight is 196 g/mol. The van der Waals surface area contributed by atoms with Crippen LogP contribution >= 0.6 is 0 Å². The first-order valence-corrected chi connectivity index (χ1v) is 4.53. The van der Waals surface area contributed by atoms with Gasteiger partial charge in [0.25, 0.3) is 0 Å². The summed E-state index contributed by atoms with van der Waals surface area (Å²) in [4.78, 5) is 10.8. The Bertz CT molecular complexity index is 345. The smallest absolute Gasteiger partial charge is 0.338 e. The van der Waals surface area contributed by atoms with Crippen molar-refractivity contribution in [2.24, 2.45) is 5.92 Å². The number of carbonyl (C=O) groups is 1. The molecule has 0 heterocycles.